The van der Waals surface area contributed by atoms with E-state index in [1.165, 1.54) is 16.3 Å². The first-order chi connectivity index (χ1) is 15.0. The Morgan fingerprint density at radius 2 is 1.58 bits per heavy atom. The van der Waals surface area contributed by atoms with E-state index in [-0.39, 0.29) is 23.0 Å². The van der Waals surface area contributed by atoms with Crippen LogP contribution in [0.15, 0.2) is 71.6 Å². The minimum atomic E-state index is -3.60. The van der Waals surface area contributed by atoms with Crippen LogP contribution in [0.4, 0.5) is 0 Å². The van der Waals surface area contributed by atoms with Crippen LogP contribution in [-0.2, 0) is 10.0 Å². The minimum Gasteiger partial charge on any atom is -0.497 e. The molecule has 3 aromatic rings. The summed E-state index contributed by atoms with van der Waals surface area (Å²) in [5.41, 5.74) is 1.24. The average molecular weight is 439 g/mol. The molecule has 1 fully saturated rings. The molecule has 3 aromatic carbocycles. The average Bonchev–Trinajstić information content (AvgIpc) is 2.80. The number of benzene rings is 3. The largest absolute Gasteiger partial charge is 0.497 e. The van der Waals surface area contributed by atoms with Crippen LogP contribution in [-0.4, -0.2) is 27.6 Å². The number of nitrogens with one attached hydrogen (secondary N) is 2. The summed E-state index contributed by atoms with van der Waals surface area (Å²) in [5.74, 6) is 0.639. The van der Waals surface area contributed by atoms with Crippen LogP contribution < -0.4 is 14.8 Å². The highest BCUT2D eigenvalue weighted by Crippen LogP contribution is 2.28. The fourth-order valence-electron chi connectivity index (χ4n) is 4.53. The molecule has 3 atom stereocenters. The molecule has 2 N–H and O–H groups in total. The first-order valence-corrected chi connectivity index (χ1v) is 12.4. The van der Waals surface area contributed by atoms with E-state index < -0.39 is 10.0 Å². The third kappa shape index (κ3) is 4.92. The highest BCUT2D eigenvalue weighted by molar-refractivity contribution is 7.89. The molecule has 0 aliphatic heterocycles. The summed E-state index contributed by atoms with van der Waals surface area (Å²) in [5, 5.41) is 6.17. The van der Waals surface area contributed by atoms with Gasteiger partial charge in [-0.3, -0.25) is 0 Å². The predicted octanol–water partition coefficient (Wildman–Crippen LogP) is 4.79. The SMILES string of the molecule is COc1ccc(S(=O)(=O)N[C@H]2CCCC[C@@H]2NC(C)c2cccc3ccccc23)cc1. The van der Waals surface area contributed by atoms with Gasteiger partial charge >= 0.3 is 0 Å². The predicted molar refractivity (Wildman–Crippen MR) is 125 cm³/mol. The topological polar surface area (TPSA) is 67.4 Å². The zero-order valence-corrected chi connectivity index (χ0v) is 18.9. The maximum Gasteiger partial charge on any atom is 0.240 e. The van der Waals surface area contributed by atoms with Crippen LogP contribution in [0.25, 0.3) is 10.8 Å². The molecule has 0 radical (unpaired) electrons. The lowest BCUT2D eigenvalue weighted by Crippen LogP contribution is -2.52. The van der Waals surface area contributed by atoms with Gasteiger partial charge in [-0.25, -0.2) is 13.1 Å². The van der Waals surface area contributed by atoms with Crippen molar-refractivity contribution in [3.63, 3.8) is 0 Å². The van der Waals surface area contributed by atoms with Gasteiger partial charge in [-0.1, -0.05) is 55.3 Å². The third-order valence-electron chi connectivity index (χ3n) is 6.20. The summed E-state index contributed by atoms with van der Waals surface area (Å²) in [6, 6.07) is 21.3. The van der Waals surface area contributed by atoms with E-state index in [1.54, 1.807) is 31.4 Å². The second-order valence-electron chi connectivity index (χ2n) is 8.25. The van der Waals surface area contributed by atoms with Crippen LogP contribution in [0.1, 0.15) is 44.2 Å². The molecule has 1 aliphatic rings. The number of fused-ring (bicyclic) bond motifs is 1. The molecule has 0 heterocycles. The van der Waals surface area contributed by atoms with Gasteiger partial charge in [0.2, 0.25) is 10.0 Å². The Labute approximate surface area is 184 Å². The van der Waals surface area contributed by atoms with E-state index >= 15 is 0 Å². The Kier molecular flexibility index (Phi) is 6.60. The van der Waals surface area contributed by atoms with Crippen molar-refractivity contribution >= 4 is 20.8 Å². The number of ether oxygens (including phenoxy) is 1. The Bertz CT molecular complexity index is 1120. The van der Waals surface area contributed by atoms with Crippen LogP contribution >= 0.6 is 0 Å². The van der Waals surface area contributed by atoms with Gasteiger partial charge in [0, 0.05) is 18.1 Å². The van der Waals surface area contributed by atoms with E-state index in [0.717, 1.165) is 25.7 Å². The normalized spacial score (nSPS) is 20.5. The molecule has 0 saturated heterocycles. The van der Waals surface area contributed by atoms with Crippen molar-refractivity contribution in [2.75, 3.05) is 7.11 Å². The summed E-state index contributed by atoms with van der Waals surface area (Å²) in [6.45, 7) is 2.16. The van der Waals surface area contributed by atoms with Crippen LogP contribution in [0.5, 0.6) is 5.75 Å². The molecule has 164 valence electrons. The lowest BCUT2D eigenvalue weighted by Gasteiger charge is -2.35. The van der Waals surface area contributed by atoms with Crippen molar-refractivity contribution in [2.24, 2.45) is 0 Å². The summed E-state index contributed by atoms with van der Waals surface area (Å²) in [6.07, 6.45) is 3.90. The fourth-order valence-corrected chi connectivity index (χ4v) is 5.84. The monoisotopic (exact) mass is 438 g/mol. The minimum absolute atomic E-state index is 0.0794. The maximum absolute atomic E-state index is 13.0. The van der Waals surface area contributed by atoms with E-state index in [2.05, 4.69) is 59.4 Å². The molecule has 0 bridgehead atoms. The second-order valence-corrected chi connectivity index (χ2v) is 9.96. The van der Waals surface area contributed by atoms with Crippen molar-refractivity contribution in [1.29, 1.82) is 0 Å². The number of rotatable bonds is 7. The van der Waals surface area contributed by atoms with Crippen molar-refractivity contribution in [3.05, 3.63) is 72.3 Å². The van der Waals surface area contributed by atoms with E-state index in [1.807, 2.05) is 0 Å². The molecule has 0 aromatic heterocycles. The van der Waals surface area contributed by atoms with Crippen LogP contribution in [0.3, 0.4) is 0 Å². The molecular weight excluding hydrogens is 408 g/mol. The second kappa shape index (κ2) is 9.39. The Morgan fingerprint density at radius 3 is 2.32 bits per heavy atom. The highest BCUT2D eigenvalue weighted by atomic mass is 32.2. The first kappa shape index (κ1) is 21.8. The van der Waals surface area contributed by atoms with Gasteiger partial charge < -0.3 is 10.1 Å². The Morgan fingerprint density at radius 1 is 0.903 bits per heavy atom. The number of sulfonamides is 1. The van der Waals surface area contributed by atoms with Crippen LogP contribution in [0.2, 0.25) is 0 Å². The molecule has 0 amide bonds. The standard InChI is InChI=1S/C25H30N2O3S/c1-18(22-11-7-9-19-8-3-4-10-23(19)22)26-24-12-5-6-13-25(24)27-31(28,29)21-16-14-20(30-2)15-17-21/h3-4,7-11,14-18,24-27H,5-6,12-13H2,1-2H3/t18?,24-,25-/m0/s1. The zero-order valence-electron chi connectivity index (χ0n) is 18.0. The van der Waals surface area contributed by atoms with Gasteiger partial charge in [0.15, 0.2) is 0 Å². The van der Waals surface area contributed by atoms with Gasteiger partial charge in [0.05, 0.1) is 12.0 Å². The molecule has 5 nitrogen and oxygen atoms in total. The van der Waals surface area contributed by atoms with E-state index in [9.17, 15) is 8.42 Å². The quantitative estimate of drug-likeness (QED) is 0.557. The van der Waals surface area contributed by atoms with E-state index in [4.69, 9.17) is 4.74 Å². The molecular formula is C25H30N2O3S. The zero-order chi connectivity index (χ0) is 21.8. The number of hydrogen-bond acceptors (Lipinski definition) is 4. The number of hydrogen-bond donors (Lipinski definition) is 2. The van der Waals surface area contributed by atoms with Crippen molar-refractivity contribution < 1.29 is 13.2 Å². The van der Waals surface area contributed by atoms with E-state index in [0.29, 0.717) is 5.75 Å². The molecule has 1 unspecified atom stereocenters. The fraction of sp³-hybridized carbons (Fsp3) is 0.360. The number of methoxy groups -OCH3 is 1. The Hall–Kier alpha value is -2.41. The molecule has 31 heavy (non-hydrogen) atoms. The summed E-state index contributed by atoms with van der Waals surface area (Å²) >= 11 is 0. The van der Waals surface area contributed by atoms with Crippen LogP contribution in [0, 0.1) is 0 Å². The van der Waals surface area contributed by atoms with Gasteiger partial charge in [-0.2, -0.15) is 0 Å². The van der Waals surface area contributed by atoms with Gasteiger partial charge in [0.25, 0.3) is 0 Å². The lowest BCUT2D eigenvalue weighted by atomic mass is 9.89. The molecule has 1 saturated carbocycles. The summed E-state index contributed by atoms with van der Waals surface area (Å²) < 4.78 is 34.1. The van der Waals surface area contributed by atoms with Crippen molar-refractivity contribution in [3.8, 4) is 5.75 Å². The van der Waals surface area contributed by atoms with Gasteiger partial charge in [-0.05, 0) is 60.4 Å². The van der Waals surface area contributed by atoms with Gasteiger partial charge in [-0.15, -0.1) is 0 Å². The molecule has 1 aliphatic carbocycles. The first-order valence-electron chi connectivity index (χ1n) is 10.9. The highest BCUT2D eigenvalue weighted by Gasteiger charge is 2.30. The molecule has 4 rings (SSSR count). The van der Waals surface area contributed by atoms with Crippen molar-refractivity contribution in [1.82, 2.24) is 10.0 Å². The maximum atomic E-state index is 13.0. The van der Waals surface area contributed by atoms with Gasteiger partial charge in [0.1, 0.15) is 5.75 Å². The summed E-state index contributed by atoms with van der Waals surface area (Å²) in [4.78, 5) is 0.264. The molecule has 0 spiro atoms. The van der Waals surface area contributed by atoms with Crippen molar-refractivity contribution in [2.45, 2.75) is 55.6 Å². The third-order valence-corrected chi connectivity index (χ3v) is 7.70. The lowest BCUT2D eigenvalue weighted by molar-refractivity contribution is 0.291. The Balaban J connectivity index is 1.51. The smallest absolute Gasteiger partial charge is 0.240 e. The molecule has 6 heteroatoms. The summed E-state index contributed by atoms with van der Waals surface area (Å²) in [7, 11) is -2.03.